The summed E-state index contributed by atoms with van der Waals surface area (Å²) in [7, 11) is 0. The van der Waals surface area contributed by atoms with E-state index in [1.54, 1.807) is 0 Å². The molecular formula is C14H18F3NO2. The van der Waals surface area contributed by atoms with E-state index >= 15 is 0 Å². The van der Waals surface area contributed by atoms with Gasteiger partial charge in [0, 0.05) is 12.0 Å². The van der Waals surface area contributed by atoms with Crippen molar-refractivity contribution in [3.8, 4) is 0 Å². The van der Waals surface area contributed by atoms with Crippen LogP contribution in [0.15, 0.2) is 24.3 Å². The Balaban J connectivity index is 2.42. The van der Waals surface area contributed by atoms with Crippen LogP contribution in [0.1, 0.15) is 31.9 Å². The van der Waals surface area contributed by atoms with E-state index in [4.69, 9.17) is 4.74 Å². The molecule has 0 aliphatic heterocycles. The number of hydrogen-bond donors (Lipinski definition) is 1. The number of amides is 1. The monoisotopic (exact) mass is 289 g/mol. The number of nitrogens with one attached hydrogen (secondary N) is 1. The third kappa shape index (κ3) is 5.95. The molecule has 3 nitrogen and oxygen atoms in total. The summed E-state index contributed by atoms with van der Waals surface area (Å²) in [6, 6.07) is 4.80. The van der Waals surface area contributed by atoms with E-state index in [2.05, 4.69) is 5.32 Å². The van der Waals surface area contributed by atoms with E-state index in [1.165, 1.54) is 12.1 Å². The number of alkyl carbamates (subject to hydrolysis) is 1. The van der Waals surface area contributed by atoms with Crippen molar-refractivity contribution < 1.29 is 22.7 Å². The Morgan fingerprint density at radius 1 is 1.15 bits per heavy atom. The van der Waals surface area contributed by atoms with Crippen LogP contribution in [0.5, 0.6) is 0 Å². The van der Waals surface area contributed by atoms with Crippen LogP contribution in [-0.2, 0) is 17.3 Å². The third-order valence-corrected chi connectivity index (χ3v) is 2.38. The van der Waals surface area contributed by atoms with E-state index in [-0.39, 0.29) is 12.1 Å². The molecule has 0 unspecified atom stereocenters. The van der Waals surface area contributed by atoms with Crippen molar-refractivity contribution in [3.63, 3.8) is 0 Å². The zero-order valence-corrected chi connectivity index (χ0v) is 11.7. The van der Waals surface area contributed by atoms with Crippen molar-refractivity contribution >= 4 is 6.09 Å². The Hall–Kier alpha value is -1.72. The molecule has 1 amide bonds. The second-order valence-corrected chi connectivity index (χ2v) is 5.46. The fourth-order valence-electron chi connectivity index (χ4n) is 1.46. The Kier molecular flexibility index (Phi) is 5.03. The van der Waals surface area contributed by atoms with E-state index < -0.39 is 17.8 Å². The standard InChI is InChI=1S/C14H18F3NO2/c1-13(2,3)18-12(19)20-9-8-10-4-6-11(7-5-10)14(15,16)17/h4-7H,8-9H2,1-3H3,(H,18,19). The lowest BCUT2D eigenvalue weighted by Gasteiger charge is -2.19. The highest BCUT2D eigenvalue weighted by Gasteiger charge is 2.29. The first kappa shape index (κ1) is 16.3. The Labute approximate surface area is 116 Å². The molecule has 0 bridgehead atoms. The molecule has 0 aliphatic carbocycles. The van der Waals surface area contributed by atoms with E-state index in [1.807, 2.05) is 20.8 Å². The predicted molar refractivity (Wildman–Crippen MR) is 69.4 cm³/mol. The van der Waals surface area contributed by atoms with Crippen LogP contribution in [0.2, 0.25) is 0 Å². The highest BCUT2D eigenvalue weighted by molar-refractivity contribution is 5.68. The number of carbonyl (C=O) groups excluding carboxylic acids is 1. The van der Waals surface area contributed by atoms with Gasteiger partial charge in [-0.3, -0.25) is 0 Å². The summed E-state index contributed by atoms with van der Waals surface area (Å²) in [5.74, 6) is 0. The average Bonchev–Trinajstić information content (AvgIpc) is 2.26. The van der Waals surface area contributed by atoms with Crippen LogP contribution in [-0.4, -0.2) is 18.2 Å². The minimum absolute atomic E-state index is 0.118. The quantitative estimate of drug-likeness (QED) is 0.919. The maximum Gasteiger partial charge on any atom is 0.416 e. The first-order chi connectivity index (χ1) is 9.08. The Morgan fingerprint density at radius 3 is 2.15 bits per heavy atom. The Bertz CT molecular complexity index is 447. The summed E-state index contributed by atoms with van der Waals surface area (Å²) in [6.07, 6.45) is -4.50. The lowest BCUT2D eigenvalue weighted by molar-refractivity contribution is -0.137. The van der Waals surface area contributed by atoms with Gasteiger partial charge in [0.05, 0.1) is 12.2 Å². The maximum absolute atomic E-state index is 12.4. The smallest absolute Gasteiger partial charge is 0.416 e. The number of benzene rings is 1. The van der Waals surface area contributed by atoms with Crippen LogP contribution in [0.25, 0.3) is 0 Å². The Morgan fingerprint density at radius 2 is 1.70 bits per heavy atom. The van der Waals surface area contributed by atoms with Gasteiger partial charge in [0.1, 0.15) is 0 Å². The molecular weight excluding hydrogens is 271 g/mol. The molecule has 0 atom stereocenters. The molecule has 1 aromatic rings. The minimum Gasteiger partial charge on any atom is -0.449 e. The van der Waals surface area contributed by atoms with Crippen LogP contribution >= 0.6 is 0 Å². The molecule has 0 saturated carbocycles. The summed E-state index contributed by atoms with van der Waals surface area (Å²) in [4.78, 5) is 11.4. The molecule has 112 valence electrons. The highest BCUT2D eigenvalue weighted by Crippen LogP contribution is 2.29. The second kappa shape index (κ2) is 6.15. The van der Waals surface area contributed by atoms with Crippen LogP contribution < -0.4 is 5.32 Å². The molecule has 20 heavy (non-hydrogen) atoms. The largest absolute Gasteiger partial charge is 0.449 e. The zero-order chi connectivity index (χ0) is 15.4. The number of ether oxygens (including phenoxy) is 1. The number of rotatable bonds is 3. The molecule has 1 rings (SSSR count). The lowest BCUT2D eigenvalue weighted by atomic mass is 10.1. The molecule has 0 aromatic heterocycles. The summed E-state index contributed by atoms with van der Waals surface area (Å²) < 4.78 is 42.0. The van der Waals surface area contributed by atoms with Crippen LogP contribution in [0.3, 0.4) is 0 Å². The normalized spacial score (nSPS) is 12.1. The average molecular weight is 289 g/mol. The van der Waals surface area contributed by atoms with E-state index in [0.29, 0.717) is 12.0 Å². The first-order valence-electron chi connectivity index (χ1n) is 6.19. The first-order valence-corrected chi connectivity index (χ1v) is 6.19. The SMILES string of the molecule is CC(C)(C)NC(=O)OCCc1ccc(C(F)(F)F)cc1. The minimum atomic E-state index is -4.33. The molecule has 1 aromatic carbocycles. The number of alkyl halides is 3. The summed E-state index contributed by atoms with van der Waals surface area (Å²) in [5.41, 5.74) is -0.389. The lowest BCUT2D eigenvalue weighted by Crippen LogP contribution is -2.41. The second-order valence-electron chi connectivity index (χ2n) is 5.46. The third-order valence-electron chi connectivity index (χ3n) is 2.38. The molecule has 0 aliphatic rings. The van der Waals surface area contributed by atoms with Gasteiger partial charge in [-0.2, -0.15) is 13.2 Å². The van der Waals surface area contributed by atoms with Gasteiger partial charge in [-0.15, -0.1) is 0 Å². The van der Waals surface area contributed by atoms with Gasteiger partial charge in [0.25, 0.3) is 0 Å². The van der Waals surface area contributed by atoms with Gasteiger partial charge in [0.15, 0.2) is 0 Å². The highest BCUT2D eigenvalue weighted by atomic mass is 19.4. The van der Waals surface area contributed by atoms with Crippen LogP contribution in [0.4, 0.5) is 18.0 Å². The van der Waals surface area contributed by atoms with Crippen molar-refractivity contribution in [2.75, 3.05) is 6.61 Å². The summed E-state index contributed by atoms with van der Waals surface area (Å²) in [6.45, 7) is 5.59. The molecule has 1 N–H and O–H groups in total. The molecule has 0 saturated heterocycles. The summed E-state index contributed by atoms with van der Waals surface area (Å²) in [5, 5.41) is 2.62. The summed E-state index contributed by atoms with van der Waals surface area (Å²) >= 11 is 0. The molecule has 0 spiro atoms. The topological polar surface area (TPSA) is 38.3 Å². The van der Waals surface area contributed by atoms with Crippen molar-refractivity contribution in [3.05, 3.63) is 35.4 Å². The van der Waals surface area contributed by atoms with Crippen LogP contribution in [0, 0.1) is 0 Å². The van der Waals surface area contributed by atoms with E-state index in [0.717, 1.165) is 12.1 Å². The molecule has 0 radical (unpaired) electrons. The van der Waals surface area contributed by atoms with Gasteiger partial charge >= 0.3 is 12.3 Å². The van der Waals surface area contributed by atoms with Crippen molar-refractivity contribution in [2.45, 2.75) is 38.9 Å². The molecule has 0 fully saturated rings. The number of hydrogen-bond acceptors (Lipinski definition) is 2. The maximum atomic E-state index is 12.4. The predicted octanol–water partition coefficient (Wildman–Crippen LogP) is 3.77. The zero-order valence-electron chi connectivity index (χ0n) is 11.7. The van der Waals surface area contributed by atoms with Gasteiger partial charge in [-0.25, -0.2) is 4.79 Å². The number of carbonyl (C=O) groups is 1. The fourth-order valence-corrected chi connectivity index (χ4v) is 1.46. The van der Waals surface area contributed by atoms with Gasteiger partial charge in [0.2, 0.25) is 0 Å². The fraction of sp³-hybridized carbons (Fsp3) is 0.500. The number of halogens is 3. The van der Waals surface area contributed by atoms with Gasteiger partial charge < -0.3 is 10.1 Å². The van der Waals surface area contributed by atoms with Crippen molar-refractivity contribution in [1.29, 1.82) is 0 Å². The molecule has 0 heterocycles. The van der Waals surface area contributed by atoms with Crippen molar-refractivity contribution in [1.82, 2.24) is 5.32 Å². The van der Waals surface area contributed by atoms with Crippen molar-refractivity contribution in [2.24, 2.45) is 0 Å². The van der Waals surface area contributed by atoms with Gasteiger partial charge in [-0.05, 0) is 38.5 Å². The van der Waals surface area contributed by atoms with Gasteiger partial charge in [-0.1, -0.05) is 12.1 Å². The molecule has 6 heteroatoms. The van der Waals surface area contributed by atoms with E-state index in [9.17, 15) is 18.0 Å².